The van der Waals surface area contributed by atoms with Crippen molar-refractivity contribution in [1.82, 2.24) is 29.9 Å². The second-order valence-corrected chi connectivity index (χ2v) is 9.77. The summed E-state index contributed by atoms with van der Waals surface area (Å²) in [6.45, 7) is 10.8. The van der Waals surface area contributed by atoms with Gasteiger partial charge in [0.2, 0.25) is 0 Å². The molecule has 1 fully saturated rings. The number of thioether (sulfide) groups is 1. The molecular weight excluding hydrogens is 460 g/mol. The smallest absolute Gasteiger partial charge is 0.276 e. The molecule has 2 unspecified atom stereocenters. The van der Waals surface area contributed by atoms with E-state index < -0.39 is 0 Å². The van der Waals surface area contributed by atoms with Crippen LogP contribution < -0.4 is 0 Å². The van der Waals surface area contributed by atoms with E-state index in [0.717, 1.165) is 22.6 Å². The maximum atomic E-state index is 13.5. The van der Waals surface area contributed by atoms with Gasteiger partial charge in [-0.05, 0) is 58.4 Å². The molecule has 2 atom stereocenters. The van der Waals surface area contributed by atoms with Gasteiger partial charge in [0.1, 0.15) is 0 Å². The third kappa shape index (κ3) is 5.37. The summed E-state index contributed by atoms with van der Waals surface area (Å²) in [5.41, 5.74) is 4.51. The first kappa shape index (κ1) is 23.7. The third-order valence-electron chi connectivity index (χ3n) is 5.37. The summed E-state index contributed by atoms with van der Waals surface area (Å²) >= 11 is 7.82. The number of benzene rings is 1. The first-order valence-electron chi connectivity index (χ1n) is 10.8. The van der Waals surface area contributed by atoms with Crippen LogP contribution in [0.5, 0.6) is 0 Å². The van der Waals surface area contributed by atoms with Crippen LogP contribution in [0.15, 0.2) is 29.4 Å². The van der Waals surface area contributed by atoms with Crippen LogP contribution in [0.3, 0.4) is 0 Å². The molecule has 0 spiro atoms. The van der Waals surface area contributed by atoms with E-state index >= 15 is 0 Å². The van der Waals surface area contributed by atoms with Crippen LogP contribution in [-0.2, 0) is 10.5 Å². The third-order valence-corrected chi connectivity index (χ3v) is 6.64. The summed E-state index contributed by atoms with van der Waals surface area (Å²) in [4.78, 5) is 24.3. The highest BCUT2D eigenvalue weighted by Crippen LogP contribution is 2.27. The number of amides is 1. The minimum absolute atomic E-state index is 0.0369. The highest BCUT2D eigenvalue weighted by molar-refractivity contribution is 7.98. The molecule has 1 amide bonds. The number of carbonyl (C=O) groups excluding carboxylic acids is 1. The van der Waals surface area contributed by atoms with Crippen LogP contribution in [0.25, 0.3) is 5.69 Å². The van der Waals surface area contributed by atoms with Crippen molar-refractivity contribution in [2.24, 2.45) is 0 Å². The summed E-state index contributed by atoms with van der Waals surface area (Å²) < 4.78 is 7.47. The Morgan fingerprint density at radius 1 is 1.12 bits per heavy atom. The van der Waals surface area contributed by atoms with Gasteiger partial charge in [0, 0.05) is 35.3 Å². The second-order valence-electron chi connectivity index (χ2n) is 8.42. The Kier molecular flexibility index (Phi) is 7.02. The number of rotatable bonds is 5. The van der Waals surface area contributed by atoms with Gasteiger partial charge in [-0.25, -0.2) is 14.6 Å². The zero-order valence-corrected chi connectivity index (χ0v) is 20.9. The van der Waals surface area contributed by atoms with Crippen molar-refractivity contribution in [2.45, 2.75) is 57.7 Å². The van der Waals surface area contributed by atoms with Crippen LogP contribution >= 0.6 is 23.4 Å². The van der Waals surface area contributed by atoms with E-state index in [9.17, 15) is 4.79 Å². The number of aryl methyl sites for hydroxylation is 3. The molecule has 1 aromatic carbocycles. The van der Waals surface area contributed by atoms with E-state index in [2.05, 4.69) is 20.3 Å². The lowest BCUT2D eigenvalue weighted by atomic mass is 10.2. The van der Waals surface area contributed by atoms with Crippen molar-refractivity contribution in [3.05, 3.63) is 57.6 Å². The Morgan fingerprint density at radius 2 is 1.79 bits per heavy atom. The Hall–Kier alpha value is -2.49. The molecule has 3 heterocycles. The maximum Gasteiger partial charge on any atom is 0.276 e. The topological polar surface area (TPSA) is 86.0 Å². The van der Waals surface area contributed by atoms with Gasteiger partial charge in [-0.15, -0.1) is 5.10 Å². The normalized spacial score (nSPS) is 18.5. The lowest BCUT2D eigenvalue weighted by Crippen LogP contribution is -2.48. The lowest BCUT2D eigenvalue weighted by Gasteiger charge is -2.35. The molecule has 0 bridgehead atoms. The van der Waals surface area contributed by atoms with Crippen molar-refractivity contribution in [2.75, 3.05) is 13.1 Å². The second kappa shape index (κ2) is 9.79. The molecular formula is C23H27ClN6O2S. The number of nitrogens with zero attached hydrogens (tertiary/aromatic N) is 6. The molecule has 0 N–H and O–H groups in total. The number of carbonyl (C=O) groups is 1. The fourth-order valence-corrected chi connectivity index (χ4v) is 5.02. The average Bonchev–Trinajstić information content (AvgIpc) is 3.16. The van der Waals surface area contributed by atoms with Crippen LogP contribution in [0.4, 0.5) is 0 Å². The molecule has 4 rings (SSSR count). The summed E-state index contributed by atoms with van der Waals surface area (Å²) in [7, 11) is 0. The van der Waals surface area contributed by atoms with Gasteiger partial charge in [-0.3, -0.25) is 4.79 Å². The lowest BCUT2D eigenvalue weighted by molar-refractivity contribution is -0.0587. The van der Waals surface area contributed by atoms with E-state index in [1.54, 1.807) is 9.58 Å². The zero-order chi connectivity index (χ0) is 23.7. The zero-order valence-electron chi connectivity index (χ0n) is 19.4. The summed E-state index contributed by atoms with van der Waals surface area (Å²) in [6, 6.07) is 7.61. The number of morpholine rings is 1. The Bertz CT molecular complexity index is 1150. The summed E-state index contributed by atoms with van der Waals surface area (Å²) in [5, 5.41) is 9.91. The average molecular weight is 487 g/mol. The standard InChI is InChI=1S/C23H27ClN6O2S/c1-13-6-7-18(9-19(13)24)30-20(12-33-23-25-14(2)8-15(3)26-23)21(27-28-30)22(31)29-10-16(4)32-17(5)11-29/h6-9,16-17H,10-12H2,1-5H3. The molecule has 0 radical (unpaired) electrons. The molecule has 1 aliphatic heterocycles. The molecule has 33 heavy (non-hydrogen) atoms. The highest BCUT2D eigenvalue weighted by Gasteiger charge is 2.31. The first-order chi connectivity index (χ1) is 15.7. The van der Waals surface area contributed by atoms with E-state index in [1.165, 1.54) is 11.8 Å². The van der Waals surface area contributed by atoms with E-state index in [0.29, 0.717) is 40.4 Å². The molecule has 174 valence electrons. The monoisotopic (exact) mass is 486 g/mol. The van der Waals surface area contributed by atoms with E-state index in [-0.39, 0.29) is 18.1 Å². The van der Waals surface area contributed by atoms with Crippen LogP contribution in [-0.4, -0.2) is 61.1 Å². The van der Waals surface area contributed by atoms with Gasteiger partial charge in [-0.2, -0.15) is 0 Å². The summed E-state index contributed by atoms with van der Waals surface area (Å²) in [6.07, 6.45) is -0.0738. The minimum Gasteiger partial charge on any atom is -0.372 e. The van der Waals surface area contributed by atoms with Crippen molar-refractivity contribution < 1.29 is 9.53 Å². The fraction of sp³-hybridized carbons (Fsp3) is 0.435. The Balaban J connectivity index is 1.70. The molecule has 1 aliphatic rings. The molecule has 0 saturated carbocycles. The SMILES string of the molecule is Cc1cc(C)nc(SCc2c(C(=O)N3CC(C)OC(C)C3)nnn2-c2ccc(C)c(Cl)c2)n1. The van der Waals surface area contributed by atoms with Gasteiger partial charge in [0.05, 0.1) is 23.6 Å². The maximum absolute atomic E-state index is 13.5. The van der Waals surface area contributed by atoms with Crippen LogP contribution in [0.2, 0.25) is 5.02 Å². The minimum atomic E-state index is -0.154. The van der Waals surface area contributed by atoms with Crippen molar-refractivity contribution in [3.63, 3.8) is 0 Å². The Labute approximate surface area is 202 Å². The van der Waals surface area contributed by atoms with Crippen molar-refractivity contribution >= 4 is 29.3 Å². The number of aromatic nitrogens is 5. The first-order valence-corrected chi connectivity index (χ1v) is 12.2. The molecule has 2 aromatic heterocycles. The molecule has 1 saturated heterocycles. The van der Waals surface area contributed by atoms with Gasteiger partial charge in [0.15, 0.2) is 10.9 Å². The van der Waals surface area contributed by atoms with Gasteiger partial charge in [0.25, 0.3) is 5.91 Å². The molecule has 0 aliphatic carbocycles. The number of hydrogen-bond acceptors (Lipinski definition) is 7. The van der Waals surface area contributed by atoms with Crippen LogP contribution in [0, 0.1) is 20.8 Å². The largest absolute Gasteiger partial charge is 0.372 e. The van der Waals surface area contributed by atoms with Crippen molar-refractivity contribution in [3.8, 4) is 5.69 Å². The number of halogens is 1. The Morgan fingerprint density at radius 3 is 2.42 bits per heavy atom. The quantitative estimate of drug-likeness (QED) is 0.395. The number of ether oxygens (including phenoxy) is 1. The fourth-order valence-electron chi connectivity index (χ4n) is 3.90. The highest BCUT2D eigenvalue weighted by atomic mass is 35.5. The summed E-state index contributed by atoms with van der Waals surface area (Å²) in [5.74, 6) is 0.274. The number of hydrogen-bond donors (Lipinski definition) is 0. The van der Waals surface area contributed by atoms with Crippen molar-refractivity contribution in [1.29, 1.82) is 0 Å². The predicted molar refractivity (Wildman–Crippen MR) is 128 cm³/mol. The van der Waals surface area contributed by atoms with E-state index in [4.69, 9.17) is 16.3 Å². The van der Waals surface area contributed by atoms with Crippen LogP contribution in [0.1, 0.15) is 47.0 Å². The predicted octanol–water partition coefficient (Wildman–Crippen LogP) is 4.18. The van der Waals surface area contributed by atoms with Gasteiger partial charge >= 0.3 is 0 Å². The van der Waals surface area contributed by atoms with E-state index in [1.807, 2.05) is 58.9 Å². The molecule has 3 aromatic rings. The van der Waals surface area contributed by atoms with Gasteiger partial charge in [-0.1, -0.05) is 34.6 Å². The molecule has 8 nitrogen and oxygen atoms in total. The molecule has 10 heteroatoms. The van der Waals surface area contributed by atoms with Gasteiger partial charge < -0.3 is 9.64 Å².